The number of hydrogen-bond donors (Lipinski definition) is 1. The molecule has 0 amide bonds. The Morgan fingerprint density at radius 3 is 1.75 bits per heavy atom. The summed E-state index contributed by atoms with van der Waals surface area (Å²) in [6.45, 7) is 0. The Balaban J connectivity index is 0. The second-order valence-electron chi connectivity index (χ2n) is 0.200. The third-order valence-corrected chi connectivity index (χ3v) is 0. The molecule has 0 fully saturated rings. The Bertz CT molecular complexity index is 8.00. The van der Waals surface area contributed by atoms with Gasteiger partial charge in [0.1, 0.15) is 0 Å². The summed E-state index contributed by atoms with van der Waals surface area (Å²) in [4.78, 5) is 0. The Morgan fingerprint density at radius 2 is 1.75 bits per heavy atom. The van der Waals surface area contributed by atoms with Gasteiger partial charge in [0.25, 0.3) is 0 Å². The molecule has 0 aliphatic carbocycles. The molecule has 0 saturated carbocycles. The van der Waals surface area contributed by atoms with E-state index in [1.165, 1.54) is 7.05 Å². The third kappa shape index (κ3) is 9.30. The van der Waals surface area contributed by atoms with Crippen molar-refractivity contribution in [1.29, 1.82) is 0 Å². The van der Waals surface area contributed by atoms with Crippen LogP contribution in [0.2, 0.25) is 0 Å². The maximum Gasteiger partial charge on any atom is 1.00 e. The summed E-state index contributed by atoms with van der Waals surface area (Å²) in [7, 11) is 1.31. The van der Waals surface area contributed by atoms with E-state index in [0.717, 1.165) is 0 Å². The largest absolute Gasteiger partial charge is 1.00 e. The van der Waals surface area contributed by atoms with E-state index in [-0.39, 0.29) is 58.2 Å². The number of hydroxylamine groups is 1. The van der Waals surface area contributed by atoms with Crippen LogP contribution in [0.5, 0.6) is 0 Å². The van der Waals surface area contributed by atoms with Gasteiger partial charge in [-0.1, -0.05) is 0 Å². The van der Waals surface area contributed by atoms with Gasteiger partial charge < -0.3 is 10.7 Å². The smallest absolute Gasteiger partial charge is 0.540 e. The molecular weight excluding hydrogens is 127 g/mol. The van der Waals surface area contributed by atoms with Crippen molar-refractivity contribution in [1.82, 2.24) is 0 Å². The fraction of sp³-hybridized carbons (Fsp3) is 1.00. The maximum atomic E-state index is 7.19. The Labute approximate surface area is 74.3 Å². The average Bonchev–Trinajstić information content (AvgIpc) is 0.918. The molecule has 0 aliphatic heterocycles. The van der Waals surface area contributed by atoms with Gasteiger partial charge in [0.15, 0.2) is 0 Å². The van der Waals surface area contributed by atoms with Crippen LogP contribution in [-0.2, 0) is 0 Å². The van der Waals surface area contributed by atoms with Gasteiger partial charge in [0.2, 0.25) is 0 Å². The molecule has 0 radical (unpaired) electrons. The van der Waals surface area contributed by atoms with Gasteiger partial charge in [-0.05, 0) is 0 Å². The quantitative estimate of drug-likeness (QED) is 0.359. The molecule has 0 aromatic rings. The van der Waals surface area contributed by atoms with Crippen molar-refractivity contribution in [3.05, 3.63) is 5.48 Å². The fourth-order valence-corrected chi connectivity index (χ4v) is 0. The Hall–Kier alpha value is 1.73. The fourth-order valence-electron chi connectivity index (χ4n) is 0. The van der Waals surface area contributed by atoms with Crippen LogP contribution in [0, 0.1) is 0 Å². The van der Waals surface area contributed by atoms with Crippen LogP contribution in [0.3, 0.4) is 0 Å². The molecule has 0 aliphatic rings. The van der Waals surface area contributed by atoms with Crippen molar-refractivity contribution in [2.24, 2.45) is 0 Å². The minimum Gasteiger partial charge on any atom is -0.540 e. The zero-order chi connectivity index (χ0) is 2.71. The second-order valence-corrected chi connectivity index (χ2v) is 0.200. The molecule has 0 unspecified atom stereocenters. The minimum absolute atomic E-state index is 0. The molecule has 0 bridgehead atoms. The number of nitrogens with zero attached hydrogens (tertiary/aromatic N) is 1. The van der Waals surface area contributed by atoms with E-state index in [4.69, 9.17) is 5.21 Å². The van der Waals surface area contributed by atoms with E-state index in [9.17, 15) is 0 Å². The standard InChI is InChI=1S/CH4NO.Rb/c1-2-3;/h3H,1H3;/q-1;+1. The average molecular weight is 132 g/mol. The first kappa shape index (κ1) is 9.21. The first-order valence-corrected chi connectivity index (χ1v) is 0.647. The predicted molar refractivity (Wildman–Crippen MR) is 11.1 cm³/mol. The van der Waals surface area contributed by atoms with Gasteiger partial charge in [-0.15, -0.1) is 7.05 Å². The van der Waals surface area contributed by atoms with E-state index in [1.807, 2.05) is 0 Å². The minimum atomic E-state index is 0. The van der Waals surface area contributed by atoms with Crippen LogP contribution in [0.1, 0.15) is 0 Å². The van der Waals surface area contributed by atoms with Crippen LogP contribution in [0.4, 0.5) is 0 Å². The summed E-state index contributed by atoms with van der Waals surface area (Å²) >= 11 is 0. The van der Waals surface area contributed by atoms with Crippen LogP contribution in [0.15, 0.2) is 0 Å². The summed E-state index contributed by atoms with van der Waals surface area (Å²) in [6.07, 6.45) is 0. The molecule has 0 spiro atoms. The van der Waals surface area contributed by atoms with Gasteiger partial charge in [-0.3, -0.25) is 0 Å². The summed E-state index contributed by atoms with van der Waals surface area (Å²) in [5.74, 6) is 0. The Kier molecular flexibility index (Phi) is 20.3. The third-order valence-electron chi connectivity index (χ3n) is 0. The molecule has 0 aromatic carbocycles. The van der Waals surface area contributed by atoms with Crippen LogP contribution < -0.4 is 58.2 Å². The predicted octanol–water partition coefficient (Wildman–Crippen LogP) is -2.62. The molecule has 0 aromatic heterocycles. The second kappa shape index (κ2) is 8.83. The first-order valence-electron chi connectivity index (χ1n) is 0.647. The molecule has 1 N–H and O–H groups in total. The Morgan fingerprint density at radius 1 is 1.75 bits per heavy atom. The summed E-state index contributed by atoms with van der Waals surface area (Å²) < 4.78 is 0. The molecule has 4 heavy (non-hydrogen) atoms. The van der Waals surface area contributed by atoms with Gasteiger partial charge >= 0.3 is 58.2 Å². The van der Waals surface area contributed by atoms with Crippen molar-refractivity contribution in [2.75, 3.05) is 7.05 Å². The molecule has 0 heterocycles. The van der Waals surface area contributed by atoms with E-state index in [1.54, 1.807) is 0 Å². The van der Waals surface area contributed by atoms with Crippen molar-refractivity contribution in [2.45, 2.75) is 0 Å². The van der Waals surface area contributed by atoms with Crippen LogP contribution in [-0.4, -0.2) is 12.3 Å². The van der Waals surface area contributed by atoms with E-state index in [0.29, 0.717) is 0 Å². The maximum absolute atomic E-state index is 7.19. The summed E-state index contributed by atoms with van der Waals surface area (Å²) in [5.41, 5.74) is 2.50. The topological polar surface area (TPSA) is 34.3 Å². The van der Waals surface area contributed by atoms with E-state index in [2.05, 4.69) is 5.48 Å². The molecular formula is CH4NORb. The molecule has 3 heteroatoms. The van der Waals surface area contributed by atoms with Gasteiger partial charge in [0.05, 0.1) is 0 Å². The molecule has 20 valence electrons. The molecule has 0 saturated heterocycles. The molecule has 0 rings (SSSR count). The van der Waals surface area contributed by atoms with Gasteiger partial charge in [-0.2, -0.15) is 0 Å². The van der Waals surface area contributed by atoms with Crippen molar-refractivity contribution < 1.29 is 63.4 Å². The van der Waals surface area contributed by atoms with E-state index >= 15 is 0 Å². The zero-order valence-corrected chi connectivity index (χ0v) is 7.81. The summed E-state index contributed by atoms with van der Waals surface area (Å²) in [6, 6.07) is 0. The van der Waals surface area contributed by atoms with Gasteiger partial charge in [-0.25, -0.2) is 0 Å². The van der Waals surface area contributed by atoms with E-state index < -0.39 is 0 Å². The number of rotatable bonds is 0. The monoisotopic (exact) mass is 131 g/mol. The molecule has 0 atom stereocenters. The normalized spacial score (nSPS) is 4.50. The van der Waals surface area contributed by atoms with Crippen molar-refractivity contribution in [3.63, 3.8) is 0 Å². The van der Waals surface area contributed by atoms with Crippen LogP contribution >= 0.6 is 0 Å². The van der Waals surface area contributed by atoms with Crippen molar-refractivity contribution >= 4 is 0 Å². The van der Waals surface area contributed by atoms with Gasteiger partial charge in [0, 0.05) is 0 Å². The van der Waals surface area contributed by atoms with Crippen LogP contribution in [0.25, 0.3) is 5.48 Å². The van der Waals surface area contributed by atoms with Crippen molar-refractivity contribution in [3.8, 4) is 0 Å². The molecule has 2 nitrogen and oxygen atoms in total. The SMILES string of the molecule is C[N-]O.[Rb+]. The zero-order valence-electron chi connectivity index (χ0n) is 2.89. The summed E-state index contributed by atoms with van der Waals surface area (Å²) in [5, 5.41) is 7.19. The number of hydrogen-bond acceptors (Lipinski definition) is 1. The first-order chi connectivity index (χ1) is 1.41.